The summed E-state index contributed by atoms with van der Waals surface area (Å²) in [5.74, 6) is 3.32. The van der Waals surface area contributed by atoms with Gasteiger partial charge in [0.25, 0.3) is 0 Å². The van der Waals surface area contributed by atoms with Crippen LogP contribution >= 0.6 is 47.9 Å². The molecule has 20 nitrogen and oxygen atoms in total. The fraction of sp³-hybridized carbons (Fsp3) is 0.247. The second-order valence-corrected chi connectivity index (χ2v) is 26.3. The van der Waals surface area contributed by atoms with Crippen LogP contribution in [0.4, 0.5) is 0 Å². The Hall–Kier alpha value is -8.70. The van der Waals surface area contributed by atoms with Crippen LogP contribution < -0.4 is 81.8 Å². The second-order valence-electron chi connectivity index (χ2n) is 21.9. The number of carboxylic acid groups (broad SMARTS) is 1. The van der Waals surface area contributed by atoms with E-state index in [4.69, 9.17) is 53.7 Å². The number of carboxylic acids is 1. The Morgan fingerprint density at radius 2 is 0.535 bits per heavy atom. The van der Waals surface area contributed by atoms with E-state index in [9.17, 15) is 19.2 Å². The van der Waals surface area contributed by atoms with Gasteiger partial charge in [0.15, 0.2) is 0 Å². The Morgan fingerprint density at radius 3 is 0.713 bits per heavy atom. The van der Waals surface area contributed by atoms with Crippen LogP contribution in [-0.2, 0) is 33.4 Å². The minimum absolute atomic E-state index is 0. The van der Waals surface area contributed by atoms with Crippen molar-refractivity contribution in [2.24, 2.45) is 51.6 Å². The fourth-order valence-corrected chi connectivity index (χ4v) is 15.2. The first kappa shape index (κ1) is 84.7. The molecule has 0 heterocycles. The van der Waals surface area contributed by atoms with Gasteiger partial charge in [-0.15, -0.1) is 35.3 Å². The largest absolute Gasteiger partial charge is 0.497 e. The first-order valence-electron chi connectivity index (χ1n) is 31.9. The molecule has 0 aliphatic rings. The van der Waals surface area contributed by atoms with Crippen molar-refractivity contribution < 1.29 is 38.5 Å². The molecule has 0 aliphatic carbocycles. The minimum Gasteiger partial charge on any atom is -0.497 e. The zero-order chi connectivity index (χ0) is 72.8. The lowest BCUT2D eigenvalue weighted by Crippen LogP contribution is -2.48. The maximum Gasteiger partial charge on any atom is 0.304 e. The van der Waals surface area contributed by atoms with Crippen LogP contribution in [0.15, 0.2) is 255 Å². The predicted molar refractivity (Wildman–Crippen MR) is 419 cm³/mol. The molecule has 24 heteroatoms. The zero-order valence-electron chi connectivity index (χ0n) is 56.4. The van der Waals surface area contributed by atoms with E-state index in [1.54, 1.807) is 56.6 Å². The molecule has 9 rings (SSSR count). The quantitative estimate of drug-likeness (QED) is 0.0118. The van der Waals surface area contributed by atoms with E-state index in [1.807, 2.05) is 146 Å². The number of nitrogens with two attached hydrogens (primary N) is 9. The third-order valence-corrected chi connectivity index (χ3v) is 19.7. The number of thiol groups is 1. The Morgan fingerprint density at radius 1 is 0.347 bits per heavy atom. The maximum atomic E-state index is 12.1. The van der Waals surface area contributed by atoms with Gasteiger partial charge in [0.05, 0.1) is 42.0 Å². The van der Waals surface area contributed by atoms with Gasteiger partial charge < -0.3 is 52.5 Å². The molecule has 0 saturated carbocycles. The highest BCUT2D eigenvalue weighted by Gasteiger charge is 2.40. The molecule has 0 aliphatic heterocycles. The highest BCUT2D eigenvalue weighted by molar-refractivity contribution is 8.01. The molecule has 101 heavy (non-hydrogen) atoms. The van der Waals surface area contributed by atoms with Crippen molar-refractivity contribution in [2.75, 3.05) is 44.3 Å². The Balaban J connectivity index is 0.000000294. The molecule has 9 aromatic carbocycles. The molecule has 0 atom stereocenters. The van der Waals surface area contributed by atoms with Crippen molar-refractivity contribution in [1.82, 2.24) is 16.0 Å². The van der Waals surface area contributed by atoms with E-state index in [1.165, 1.54) is 0 Å². The number of benzene rings is 9. The van der Waals surface area contributed by atoms with Crippen molar-refractivity contribution in [3.8, 4) is 17.2 Å². The van der Waals surface area contributed by atoms with Crippen molar-refractivity contribution in [1.29, 1.82) is 0 Å². The standard InChI is InChI=1S/2C24H27N3O2S.C23H22O3S.C4H11N3OS.CH7N3.CH4/c2*1-29-21-14-12-20(13-15-21)24(18-8-4-2-5-9-18,19-10-6-3-7-11-19)30-17-16-22(28)27-23(25)26;1-26-21-14-12-20(13-15-21)23(27-17-16-22(24)25,18-8-4-2-5-9-18)19-10-6-3-7-11-19;5-4(6)7-3(8)1-2-9;2-1(3)4;/h2*2-15,23H,16-17,25-26H2,1H3,(H,27,28);2-15H,16-17H2,1H3,(H,24,25);4,9H,1-2,5-6H2,(H,7,8);1H,2-4H2;1H4. The van der Waals surface area contributed by atoms with Gasteiger partial charge >= 0.3 is 5.97 Å². The number of carbonyl (C=O) groups is 4. The third kappa shape index (κ3) is 26.6. The van der Waals surface area contributed by atoms with E-state index < -0.39 is 45.4 Å². The number of hydrogen-bond donors (Lipinski definition) is 14. The third-order valence-electron chi connectivity index (χ3n) is 14.8. The van der Waals surface area contributed by atoms with Crippen LogP contribution in [0, 0.1) is 0 Å². The van der Waals surface area contributed by atoms with E-state index >= 15 is 0 Å². The maximum absolute atomic E-state index is 12.1. The summed E-state index contributed by atoms with van der Waals surface area (Å²) in [5.41, 5.74) is 56.1. The number of nitrogens with one attached hydrogen (secondary N) is 3. The normalized spacial score (nSPS) is 10.9. The highest BCUT2D eigenvalue weighted by atomic mass is 32.2. The van der Waals surface area contributed by atoms with Crippen LogP contribution in [0.1, 0.15) is 83.2 Å². The lowest BCUT2D eigenvalue weighted by atomic mass is 9.84. The second kappa shape index (κ2) is 45.2. The van der Waals surface area contributed by atoms with Gasteiger partial charge in [-0.05, 0) is 92.2 Å². The van der Waals surface area contributed by atoms with Gasteiger partial charge in [-0.3, -0.25) is 53.6 Å². The number of rotatable bonds is 29. The SMILES string of the molecule is C.COc1ccc(C(SCCC(=O)NC(N)N)(c2ccccc2)c2ccccc2)cc1.COc1ccc(C(SCCC(=O)NC(N)N)(c2ccccc2)c2ccccc2)cc1.COc1ccc(C(SCCC(=O)O)(c2ccccc2)c2ccccc2)cc1.NC(N)N.NC(N)NC(=O)CCS. The molecule has 0 radical (unpaired) electrons. The molecule has 0 bridgehead atoms. The van der Waals surface area contributed by atoms with E-state index in [0.29, 0.717) is 42.3 Å². The summed E-state index contributed by atoms with van der Waals surface area (Å²) in [6.45, 7) is 0. The molecule has 9 aromatic rings. The highest BCUT2D eigenvalue weighted by Crippen LogP contribution is 2.52. The average Bonchev–Trinajstić information content (AvgIpc) is 0.774. The summed E-state index contributed by atoms with van der Waals surface area (Å²) in [5, 5.41) is 16.6. The summed E-state index contributed by atoms with van der Waals surface area (Å²) in [6.07, 6.45) is -2.03. The first-order chi connectivity index (χ1) is 48.2. The van der Waals surface area contributed by atoms with Gasteiger partial charge in [-0.2, -0.15) is 12.6 Å². The molecule has 0 aromatic heterocycles. The molecule has 22 N–H and O–H groups in total. The summed E-state index contributed by atoms with van der Waals surface area (Å²) in [4.78, 5) is 45.9. The van der Waals surface area contributed by atoms with Crippen LogP contribution in [-0.4, -0.2) is 98.3 Å². The van der Waals surface area contributed by atoms with E-state index in [2.05, 4.69) is 155 Å². The molecule has 0 fully saturated rings. The Bertz CT molecular complexity index is 3490. The molecule has 3 amide bonds. The molecular weight excluding hydrogens is 1350 g/mol. The zero-order valence-corrected chi connectivity index (χ0v) is 59.7. The van der Waals surface area contributed by atoms with Crippen LogP contribution in [0.5, 0.6) is 17.2 Å². The number of methoxy groups -OCH3 is 3. The minimum atomic E-state index is -0.850. The lowest BCUT2D eigenvalue weighted by molar-refractivity contribution is -0.136. The summed E-state index contributed by atoms with van der Waals surface area (Å²) in [7, 11) is 4.97. The van der Waals surface area contributed by atoms with Crippen molar-refractivity contribution in [3.63, 3.8) is 0 Å². The average molecular weight is 1450 g/mol. The van der Waals surface area contributed by atoms with Crippen molar-refractivity contribution in [3.05, 3.63) is 305 Å². The molecule has 0 spiro atoms. The molecule has 0 saturated heterocycles. The Labute approximate surface area is 612 Å². The van der Waals surface area contributed by atoms with Crippen LogP contribution in [0.3, 0.4) is 0 Å². The van der Waals surface area contributed by atoms with Gasteiger partial charge in [0, 0.05) is 36.5 Å². The van der Waals surface area contributed by atoms with E-state index in [0.717, 1.165) is 67.3 Å². The Kier molecular flexibility index (Phi) is 37.9. The summed E-state index contributed by atoms with van der Waals surface area (Å²) in [6, 6.07) is 86.1. The number of aliphatic carboxylic acids is 1. The number of ether oxygens (including phenoxy) is 3. The number of carbonyl (C=O) groups excluding carboxylic acids is 3. The lowest BCUT2D eigenvalue weighted by Gasteiger charge is -2.35. The smallest absolute Gasteiger partial charge is 0.304 e. The predicted octanol–water partition coefficient (Wildman–Crippen LogP) is 9.46. The molecule has 538 valence electrons. The summed E-state index contributed by atoms with van der Waals surface area (Å²) < 4.78 is 14.6. The van der Waals surface area contributed by atoms with Gasteiger partial charge in [-0.25, -0.2) is 0 Å². The molecular formula is C77H98N12O8S4. The number of hydrogen-bond acceptors (Lipinski definition) is 20. The topological polar surface area (TPSA) is 386 Å². The fourth-order valence-electron chi connectivity index (χ4n) is 10.5. The van der Waals surface area contributed by atoms with Crippen molar-refractivity contribution in [2.45, 2.75) is 72.5 Å². The van der Waals surface area contributed by atoms with Crippen LogP contribution in [0.2, 0.25) is 0 Å². The van der Waals surface area contributed by atoms with Crippen LogP contribution in [0.25, 0.3) is 0 Å². The molecule has 0 unspecified atom stereocenters. The monoisotopic (exact) mass is 1450 g/mol. The summed E-state index contributed by atoms with van der Waals surface area (Å²) >= 11 is 8.92. The van der Waals surface area contributed by atoms with Gasteiger partial charge in [0.2, 0.25) is 17.7 Å². The number of thioether (sulfide) groups is 3. The van der Waals surface area contributed by atoms with Gasteiger partial charge in [-0.1, -0.05) is 226 Å². The number of amides is 3. The van der Waals surface area contributed by atoms with E-state index in [-0.39, 0.29) is 31.6 Å². The van der Waals surface area contributed by atoms with Crippen molar-refractivity contribution >= 4 is 71.6 Å². The first-order valence-corrected chi connectivity index (χ1v) is 35.5. The van der Waals surface area contributed by atoms with Gasteiger partial charge in [0.1, 0.15) is 42.4 Å².